The molecule has 0 saturated carbocycles. The van der Waals surface area contributed by atoms with Crippen LogP contribution < -0.4 is 20.7 Å². The predicted octanol–water partition coefficient (Wildman–Crippen LogP) is 5.58. The second-order valence-corrected chi connectivity index (χ2v) is 8.11. The Hall–Kier alpha value is -3.69. The minimum atomic E-state index is -0.405. The zero-order valence-corrected chi connectivity index (χ0v) is 19.7. The number of benzene rings is 3. The minimum absolute atomic E-state index is 0.124. The van der Waals surface area contributed by atoms with Gasteiger partial charge in [-0.1, -0.05) is 24.3 Å². The summed E-state index contributed by atoms with van der Waals surface area (Å²) >= 11 is 8.83. The van der Waals surface area contributed by atoms with Crippen LogP contribution in [0.15, 0.2) is 81.9 Å². The van der Waals surface area contributed by atoms with Gasteiger partial charge < -0.3 is 19.8 Å². The van der Waals surface area contributed by atoms with Crippen molar-refractivity contribution in [3.05, 3.63) is 88.8 Å². The first kappa shape index (κ1) is 22.5. The first-order valence-electron chi connectivity index (χ1n) is 9.78. The van der Waals surface area contributed by atoms with E-state index in [-0.39, 0.29) is 16.8 Å². The SMILES string of the molecule is COc1c(C(=O)NC(=S)Nc2ccc(NC(=O)c3ccco3)cc2)cc2ccccc2c1Br. The Bertz CT molecular complexity index is 1340. The molecule has 3 N–H and O–H groups in total. The molecule has 0 aliphatic rings. The number of furan rings is 1. The van der Waals surface area contributed by atoms with Crippen molar-refractivity contribution in [1.29, 1.82) is 0 Å². The fourth-order valence-electron chi connectivity index (χ4n) is 3.22. The Morgan fingerprint density at radius 3 is 2.30 bits per heavy atom. The molecule has 4 aromatic rings. The number of ether oxygens (including phenoxy) is 1. The number of carbonyl (C=O) groups is 2. The van der Waals surface area contributed by atoms with Gasteiger partial charge in [0.15, 0.2) is 10.9 Å². The third-order valence-electron chi connectivity index (χ3n) is 4.76. The normalized spacial score (nSPS) is 10.5. The van der Waals surface area contributed by atoms with Gasteiger partial charge in [-0.05, 0) is 81.4 Å². The van der Waals surface area contributed by atoms with Crippen LogP contribution in [0.4, 0.5) is 11.4 Å². The van der Waals surface area contributed by atoms with E-state index in [2.05, 4.69) is 31.9 Å². The Labute approximate surface area is 203 Å². The van der Waals surface area contributed by atoms with Crippen LogP contribution in [-0.4, -0.2) is 24.0 Å². The van der Waals surface area contributed by atoms with Crippen molar-refractivity contribution in [3.8, 4) is 5.75 Å². The molecule has 1 heterocycles. The van der Waals surface area contributed by atoms with E-state index >= 15 is 0 Å². The van der Waals surface area contributed by atoms with E-state index in [9.17, 15) is 9.59 Å². The van der Waals surface area contributed by atoms with Crippen molar-refractivity contribution >= 4 is 67.2 Å². The molecule has 2 amide bonds. The largest absolute Gasteiger partial charge is 0.495 e. The van der Waals surface area contributed by atoms with Gasteiger partial charge in [-0.3, -0.25) is 14.9 Å². The van der Waals surface area contributed by atoms with Crippen molar-refractivity contribution < 1.29 is 18.7 Å². The highest BCUT2D eigenvalue weighted by atomic mass is 79.9. The molecule has 1 aromatic heterocycles. The quantitative estimate of drug-likeness (QED) is 0.295. The molecular weight excluding hydrogens is 506 g/mol. The Morgan fingerprint density at radius 1 is 0.939 bits per heavy atom. The van der Waals surface area contributed by atoms with Crippen molar-refractivity contribution in [2.45, 2.75) is 0 Å². The Morgan fingerprint density at radius 2 is 1.64 bits per heavy atom. The van der Waals surface area contributed by atoms with Crippen LogP contribution in [0, 0.1) is 0 Å². The molecule has 3 aromatic carbocycles. The third-order valence-corrected chi connectivity index (χ3v) is 5.75. The van der Waals surface area contributed by atoms with Gasteiger partial charge in [0.05, 0.1) is 23.4 Å². The predicted molar refractivity (Wildman–Crippen MR) is 135 cm³/mol. The summed E-state index contributed by atoms with van der Waals surface area (Å²) < 4.78 is 11.2. The second kappa shape index (κ2) is 9.85. The number of hydrogen-bond donors (Lipinski definition) is 3. The number of carbonyl (C=O) groups excluding carboxylic acids is 2. The van der Waals surface area contributed by atoms with Crippen LogP contribution in [-0.2, 0) is 0 Å². The fraction of sp³-hybridized carbons (Fsp3) is 0.0417. The van der Waals surface area contributed by atoms with E-state index in [4.69, 9.17) is 21.4 Å². The van der Waals surface area contributed by atoms with E-state index < -0.39 is 5.91 Å². The maximum atomic E-state index is 12.9. The summed E-state index contributed by atoms with van der Waals surface area (Å²) in [6.45, 7) is 0. The molecular formula is C24H18BrN3O4S. The van der Waals surface area contributed by atoms with E-state index in [0.717, 1.165) is 10.8 Å². The summed E-state index contributed by atoms with van der Waals surface area (Å²) in [5.41, 5.74) is 1.58. The molecule has 166 valence electrons. The van der Waals surface area contributed by atoms with E-state index in [1.807, 2.05) is 24.3 Å². The van der Waals surface area contributed by atoms with Gasteiger partial charge >= 0.3 is 0 Å². The van der Waals surface area contributed by atoms with Crippen LogP contribution in [0.1, 0.15) is 20.9 Å². The zero-order chi connectivity index (χ0) is 23.4. The molecule has 0 aliphatic carbocycles. The number of methoxy groups -OCH3 is 1. The summed E-state index contributed by atoms with van der Waals surface area (Å²) in [5.74, 6) is -0.111. The van der Waals surface area contributed by atoms with Gasteiger partial charge in [-0.25, -0.2) is 0 Å². The maximum Gasteiger partial charge on any atom is 0.291 e. The Kier molecular flexibility index (Phi) is 6.71. The smallest absolute Gasteiger partial charge is 0.291 e. The molecule has 0 fully saturated rings. The molecule has 9 heteroatoms. The topological polar surface area (TPSA) is 92.6 Å². The molecule has 0 spiro atoms. The molecule has 0 saturated heterocycles. The summed E-state index contributed by atoms with van der Waals surface area (Å²) in [6.07, 6.45) is 1.43. The van der Waals surface area contributed by atoms with E-state index in [0.29, 0.717) is 27.2 Å². The van der Waals surface area contributed by atoms with Gasteiger partial charge in [0.2, 0.25) is 0 Å². The molecule has 0 unspecified atom stereocenters. The van der Waals surface area contributed by atoms with Crippen molar-refractivity contribution in [3.63, 3.8) is 0 Å². The zero-order valence-electron chi connectivity index (χ0n) is 17.3. The fourth-order valence-corrected chi connectivity index (χ4v) is 4.17. The Balaban J connectivity index is 1.43. The monoisotopic (exact) mass is 523 g/mol. The number of hydrogen-bond acceptors (Lipinski definition) is 5. The average Bonchev–Trinajstić information content (AvgIpc) is 3.35. The third kappa shape index (κ3) is 5.05. The molecule has 0 atom stereocenters. The molecule has 7 nitrogen and oxygen atoms in total. The summed E-state index contributed by atoms with van der Waals surface area (Å²) in [4.78, 5) is 25.0. The van der Waals surface area contributed by atoms with Gasteiger partial charge in [-0.15, -0.1) is 0 Å². The molecule has 4 rings (SSSR count). The highest BCUT2D eigenvalue weighted by Gasteiger charge is 2.19. The van der Waals surface area contributed by atoms with E-state index in [1.165, 1.54) is 13.4 Å². The number of amides is 2. The van der Waals surface area contributed by atoms with Crippen LogP contribution in [0.3, 0.4) is 0 Å². The number of halogens is 1. The summed E-state index contributed by atoms with van der Waals surface area (Å²) in [5, 5.41) is 10.3. The van der Waals surface area contributed by atoms with Gasteiger partial charge in [0.25, 0.3) is 11.8 Å². The lowest BCUT2D eigenvalue weighted by Crippen LogP contribution is -2.34. The summed E-state index contributed by atoms with van der Waals surface area (Å²) in [6, 6.07) is 19.5. The van der Waals surface area contributed by atoms with Gasteiger partial charge in [0.1, 0.15) is 5.75 Å². The first-order valence-corrected chi connectivity index (χ1v) is 11.0. The minimum Gasteiger partial charge on any atom is -0.495 e. The highest BCUT2D eigenvalue weighted by Crippen LogP contribution is 2.36. The van der Waals surface area contributed by atoms with Gasteiger partial charge in [0, 0.05) is 11.4 Å². The van der Waals surface area contributed by atoms with Gasteiger partial charge in [-0.2, -0.15) is 0 Å². The standard InChI is InChI=1S/C24H18BrN3O4S/c1-31-21-18(13-14-5-2-3-6-17(14)20(21)25)22(29)28-24(33)27-16-10-8-15(9-11-16)26-23(30)19-7-4-12-32-19/h2-13H,1H3,(H,26,30)(H2,27,28,29,33). The van der Waals surface area contributed by atoms with Crippen LogP contribution in [0.5, 0.6) is 5.75 Å². The van der Waals surface area contributed by atoms with Crippen molar-refractivity contribution in [1.82, 2.24) is 5.32 Å². The number of rotatable bonds is 5. The van der Waals surface area contributed by atoms with Crippen molar-refractivity contribution in [2.24, 2.45) is 0 Å². The lowest BCUT2D eigenvalue weighted by Gasteiger charge is -2.14. The average molecular weight is 524 g/mol. The highest BCUT2D eigenvalue weighted by molar-refractivity contribution is 9.10. The second-order valence-electron chi connectivity index (χ2n) is 6.91. The summed E-state index contributed by atoms with van der Waals surface area (Å²) in [7, 11) is 1.51. The van der Waals surface area contributed by atoms with E-state index in [1.54, 1.807) is 42.5 Å². The van der Waals surface area contributed by atoms with Crippen LogP contribution in [0.25, 0.3) is 10.8 Å². The number of fused-ring (bicyclic) bond motifs is 1. The molecule has 0 radical (unpaired) electrons. The van der Waals surface area contributed by atoms with Crippen molar-refractivity contribution in [2.75, 3.05) is 17.7 Å². The number of nitrogens with one attached hydrogen (secondary N) is 3. The first-order chi connectivity index (χ1) is 16.0. The number of thiocarbonyl (C=S) groups is 1. The van der Waals surface area contributed by atoms with Crippen LogP contribution in [0.2, 0.25) is 0 Å². The number of anilines is 2. The molecule has 0 aliphatic heterocycles. The molecule has 0 bridgehead atoms. The lowest BCUT2D eigenvalue weighted by atomic mass is 10.1. The van der Waals surface area contributed by atoms with Crippen LogP contribution >= 0.6 is 28.1 Å². The maximum absolute atomic E-state index is 12.9. The molecule has 33 heavy (non-hydrogen) atoms. The lowest BCUT2D eigenvalue weighted by molar-refractivity contribution is 0.0972.